The SMILES string of the molecule is CC1CC(N=O)C(C)C(C)C1C. The van der Waals surface area contributed by atoms with E-state index >= 15 is 0 Å². The average Bonchev–Trinajstić information content (AvgIpc) is 2.08. The molecule has 5 atom stereocenters. The summed E-state index contributed by atoms with van der Waals surface area (Å²) >= 11 is 0. The van der Waals surface area contributed by atoms with Gasteiger partial charge in [0.15, 0.2) is 0 Å². The molecule has 0 N–H and O–H groups in total. The summed E-state index contributed by atoms with van der Waals surface area (Å²) in [6.07, 6.45) is 0.982. The Balaban J connectivity index is 2.70. The predicted molar refractivity (Wildman–Crippen MR) is 50.9 cm³/mol. The average molecular weight is 169 g/mol. The number of hydrogen-bond acceptors (Lipinski definition) is 2. The highest BCUT2D eigenvalue weighted by atomic mass is 16.3. The van der Waals surface area contributed by atoms with Crippen molar-refractivity contribution in [1.29, 1.82) is 0 Å². The molecule has 2 nitrogen and oxygen atoms in total. The third kappa shape index (κ3) is 1.52. The Morgan fingerprint density at radius 1 is 1.00 bits per heavy atom. The van der Waals surface area contributed by atoms with Crippen molar-refractivity contribution in [2.45, 2.75) is 40.2 Å². The molecule has 0 amide bonds. The second kappa shape index (κ2) is 3.55. The van der Waals surface area contributed by atoms with E-state index in [2.05, 4.69) is 32.9 Å². The van der Waals surface area contributed by atoms with Gasteiger partial charge in [-0.25, -0.2) is 0 Å². The molecular formula is C10H19NO. The molecule has 0 aromatic heterocycles. The van der Waals surface area contributed by atoms with Gasteiger partial charge in [0.1, 0.15) is 0 Å². The summed E-state index contributed by atoms with van der Waals surface area (Å²) in [4.78, 5) is 10.5. The largest absolute Gasteiger partial charge is 0.151 e. The van der Waals surface area contributed by atoms with Crippen molar-refractivity contribution in [2.75, 3.05) is 0 Å². The third-order valence-electron chi connectivity index (χ3n) is 3.91. The molecule has 0 spiro atoms. The van der Waals surface area contributed by atoms with Crippen LogP contribution < -0.4 is 0 Å². The van der Waals surface area contributed by atoms with Crippen molar-refractivity contribution in [3.05, 3.63) is 4.91 Å². The van der Waals surface area contributed by atoms with E-state index in [0.717, 1.165) is 12.3 Å². The minimum Gasteiger partial charge on any atom is -0.151 e. The van der Waals surface area contributed by atoms with Crippen LogP contribution >= 0.6 is 0 Å². The Kier molecular flexibility index (Phi) is 2.86. The zero-order chi connectivity index (χ0) is 9.30. The van der Waals surface area contributed by atoms with Crippen LogP contribution in [-0.2, 0) is 0 Å². The van der Waals surface area contributed by atoms with Crippen LogP contribution in [0, 0.1) is 28.6 Å². The standard InChI is InChI=1S/C10H19NO/c1-6-5-10(11-12)9(4)8(3)7(6)2/h6-10H,5H2,1-4H3. The fourth-order valence-corrected chi connectivity index (χ4v) is 2.30. The fraction of sp³-hybridized carbons (Fsp3) is 1.00. The predicted octanol–water partition coefficient (Wildman–Crippen LogP) is 3.07. The van der Waals surface area contributed by atoms with Crippen molar-refractivity contribution >= 4 is 0 Å². The van der Waals surface area contributed by atoms with Crippen LogP contribution in [0.5, 0.6) is 0 Å². The van der Waals surface area contributed by atoms with E-state index in [0.29, 0.717) is 17.8 Å². The van der Waals surface area contributed by atoms with Crippen LogP contribution in [0.2, 0.25) is 0 Å². The Hall–Kier alpha value is -0.400. The molecule has 5 unspecified atom stereocenters. The molecule has 0 radical (unpaired) electrons. The van der Waals surface area contributed by atoms with E-state index in [1.54, 1.807) is 0 Å². The molecule has 1 aliphatic rings. The second-order valence-corrected chi connectivity index (χ2v) is 4.46. The van der Waals surface area contributed by atoms with Crippen LogP contribution in [0.4, 0.5) is 0 Å². The molecule has 0 heterocycles. The Morgan fingerprint density at radius 2 is 1.58 bits per heavy atom. The first kappa shape index (κ1) is 9.69. The molecule has 70 valence electrons. The molecule has 12 heavy (non-hydrogen) atoms. The highest BCUT2D eigenvalue weighted by Crippen LogP contribution is 2.39. The van der Waals surface area contributed by atoms with Gasteiger partial charge >= 0.3 is 0 Å². The van der Waals surface area contributed by atoms with Crippen molar-refractivity contribution in [3.8, 4) is 0 Å². The quantitative estimate of drug-likeness (QED) is 0.555. The first-order valence-corrected chi connectivity index (χ1v) is 4.90. The minimum atomic E-state index is 0.0613. The number of hydrogen-bond donors (Lipinski definition) is 0. The summed E-state index contributed by atoms with van der Waals surface area (Å²) in [6, 6.07) is 0.0613. The van der Waals surface area contributed by atoms with Crippen LogP contribution in [0.25, 0.3) is 0 Å². The van der Waals surface area contributed by atoms with Crippen molar-refractivity contribution in [1.82, 2.24) is 0 Å². The minimum absolute atomic E-state index is 0.0613. The van der Waals surface area contributed by atoms with Gasteiger partial charge < -0.3 is 0 Å². The normalized spacial score (nSPS) is 48.8. The molecule has 0 saturated heterocycles. The van der Waals surface area contributed by atoms with Gasteiger partial charge in [0.05, 0.1) is 6.04 Å². The zero-order valence-electron chi connectivity index (χ0n) is 8.45. The van der Waals surface area contributed by atoms with Gasteiger partial charge in [-0.05, 0) is 30.1 Å². The molecule has 2 heteroatoms. The lowest BCUT2D eigenvalue weighted by molar-refractivity contribution is 0.115. The number of nitrogens with zero attached hydrogens (tertiary/aromatic N) is 1. The Morgan fingerprint density at radius 3 is 2.08 bits per heavy atom. The van der Waals surface area contributed by atoms with Gasteiger partial charge in [0.25, 0.3) is 0 Å². The zero-order valence-corrected chi connectivity index (χ0v) is 8.45. The van der Waals surface area contributed by atoms with Crippen molar-refractivity contribution in [3.63, 3.8) is 0 Å². The molecular weight excluding hydrogens is 150 g/mol. The molecule has 0 aromatic carbocycles. The van der Waals surface area contributed by atoms with E-state index in [1.165, 1.54) is 0 Å². The lowest BCUT2D eigenvalue weighted by Crippen LogP contribution is -2.37. The van der Waals surface area contributed by atoms with Gasteiger partial charge in [-0.3, -0.25) is 0 Å². The van der Waals surface area contributed by atoms with Crippen LogP contribution in [0.1, 0.15) is 34.1 Å². The second-order valence-electron chi connectivity index (χ2n) is 4.46. The van der Waals surface area contributed by atoms with Gasteiger partial charge in [-0.2, -0.15) is 4.91 Å². The van der Waals surface area contributed by atoms with Crippen LogP contribution in [0.3, 0.4) is 0 Å². The van der Waals surface area contributed by atoms with Gasteiger partial charge in [0.2, 0.25) is 0 Å². The monoisotopic (exact) mass is 169 g/mol. The van der Waals surface area contributed by atoms with E-state index in [9.17, 15) is 4.91 Å². The first-order chi connectivity index (χ1) is 5.57. The van der Waals surface area contributed by atoms with Crippen LogP contribution in [0.15, 0.2) is 5.18 Å². The van der Waals surface area contributed by atoms with E-state index < -0.39 is 0 Å². The number of nitroso groups, excluding NO2 is 1. The van der Waals surface area contributed by atoms with E-state index in [1.807, 2.05) is 0 Å². The summed E-state index contributed by atoms with van der Waals surface area (Å²) in [6.45, 7) is 8.90. The lowest BCUT2D eigenvalue weighted by Gasteiger charge is -2.39. The molecule has 1 fully saturated rings. The Bertz CT molecular complexity index is 169. The smallest absolute Gasteiger partial charge is 0.0950 e. The summed E-state index contributed by atoms with van der Waals surface area (Å²) in [5.41, 5.74) is 0. The first-order valence-electron chi connectivity index (χ1n) is 4.90. The molecule has 0 aliphatic heterocycles. The maximum absolute atomic E-state index is 10.5. The summed E-state index contributed by atoms with van der Waals surface area (Å²) in [5, 5.41) is 3.21. The fourth-order valence-electron chi connectivity index (χ4n) is 2.30. The molecule has 0 aromatic rings. The lowest BCUT2D eigenvalue weighted by atomic mass is 9.67. The number of rotatable bonds is 1. The third-order valence-corrected chi connectivity index (χ3v) is 3.91. The topological polar surface area (TPSA) is 29.4 Å². The molecule has 1 aliphatic carbocycles. The molecule has 1 rings (SSSR count). The van der Waals surface area contributed by atoms with Crippen molar-refractivity contribution < 1.29 is 0 Å². The summed E-state index contributed by atoms with van der Waals surface area (Å²) in [5.74, 6) is 2.49. The van der Waals surface area contributed by atoms with E-state index in [4.69, 9.17) is 0 Å². The van der Waals surface area contributed by atoms with Gasteiger partial charge in [-0.1, -0.05) is 32.9 Å². The van der Waals surface area contributed by atoms with E-state index in [-0.39, 0.29) is 6.04 Å². The summed E-state index contributed by atoms with van der Waals surface area (Å²) < 4.78 is 0. The Labute approximate surface area is 74.7 Å². The maximum atomic E-state index is 10.5. The molecule has 0 bridgehead atoms. The van der Waals surface area contributed by atoms with Gasteiger partial charge in [0, 0.05) is 0 Å². The van der Waals surface area contributed by atoms with Crippen molar-refractivity contribution in [2.24, 2.45) is 28.8 Å². The van der Waals surface area contributed by atoms with Gasteiger partial charge in [-0.15, -0.1) is 0 Å². The molecule has 1 saturated carbocycles. The maximum Gasteiger partial charge on any atom is 0.0950 e. The highest BCUT2D eigenvalue weighted by molar-refractivity contribution is 4.88. The highest BCUT2D eigenvalue weighted by Gasteiger charge is 2.36. The summed E-state index contributed by atoms with van der Waals surface area (Å²) in [7, 11) is 0. The van der Waals surface area contributed by atoms with Crippen LogP contribution in [-0.4, -0.2) is 6.04 Å².